The monoisotopic (exact) mass is 529 g/mol. The van der Waals surface area contributed by atoms with E-state index in [0.29, 0.717) is 16.7 Å². The maximum atomic E-state index is 13.9. The van der Waals surface area contributed by atoms with Crippen molar-refractivity contribution < 1.29 is 34.1 Å². The Morgan fingerprint density at radius 3 is 2.08 bits per heavy atom. The average molecular weight is 530 g/mol. The van der Waals surface area contributed by atoms with Crippen LogP contribution in [0.4, 0.5) is 5.69 Å². The Balaban J connectivity index is 1.41. The Morgan fingerprint density at radius 1 is 0.625 bits per heavy atom. The third kappa shape index (κ3) is 4.04. The zero-order chi connectivity index (χ0) is 28.0. The summed E-state index contributed by atoms with van der Waals surface area (Å²) in [6.07, 6.45) is 0. The average Bonchev–Trinajstić information content (AvgIpc) is 3.21. The van der Waals surface area contributed by atoms with Crippen LogP contribution in [0.1, 0.15) is 41.4 Å². The van der Waals surface area contributed by atoms with Gasteiger partial charge in [-0.3, -0.25) is 9.59 Å². The van der Waals surface area contributed by atoms with Crippen molar-refractivity contribution in [2.45, 2.75) is 0 Å². The predicted molar refractivity (Wildman–Crippen MR) is 147 cm³/mol. The molecule has 0 fully saturated rings. The van der Waals surface area contributed by atoms with Gasteiger partial charge in [-0.25, -0.2) is 14.5 Å². The minimum atomic E-state index is -1.41. The number of benzene rings is 5. The van der Waals surface area contributed by atoms with Gasteiger partial charge in [0.25, 0.3) is 11.8 Å². The highest BCUT2D eigenvalue weighted by molar-refractivity contribution is 6.38. The molecule has 0 saturated carbocycles. The fourth-order valence-electron chi connectivity index (χ4n) is 4.97. The molecule has 2 amide bonds. The Labute approximate surface area is 227 Å². The number of carboxylic acids is 2. The van der Waals surface area contributed by atoms with Crippen LogP contribution >= 0.6 is 0 Å². The Kier molecular flexibility index (Phi) is 5.85. The van der Waals surface area contributed by atoms with E-state index in [2.05, 4.69) is 0 Å². The third-order valence-corrected chi connectivity index (χ3v) is 6.73. The molecule has 2 N–H and O–H groups in total. The number of hydrogen-bond acceptors (Lipinski definition) is 5. The number of carbonyl (C=O) groups excluding carboxylic acids is 2. The summed E-state index contributed by atoms with van der Waals surface area (Å²) in [5, 5.41) is 20.4. The zero-order valence-electron chi connectivity index (χ0n) is 20.7. The van der Waals surface area contributed by atoms with Gasteiger partial charge in [-0.15, -0.1) is 0 Å². The van der Waals surface area contributed by atoms with Gasteiger partial charge in [-0.1, -0.05) is 60.7 Å². The smallest absolute Gasteiger partial charge is 0.336 e. The molecule has 194 valence electrons. The highest BCUT2D eigenvalue weighted by Gasteiger charge is 2.39. The number of fused-ring (bicyclic) bond motifs is 2. The van der Waals surface area contributed by atoms with Crippen molar-refractivity contribution in [2.24, 2.45) is 0 Å². The Bertz CT molecular complexity index is 1880. The lowest BCUT2D eigenvalue weighted by molar-refractivity contribution is 0.0651. The molecule has 1 heterocycles. The van der Waals surface area contributed by atoms with E-state index in [-0.39, 0.29) is 22.7 Å². The molecule has 8 heteroatoms. The largest absolute Gasteiger partial charge is 0.478 e. The summed E-state index contributed by atoms with van der Waals surface area (Å²) in [6, 6.07) is 28.6. The number of aromatic carboxylic acids is 2. The van der Waals surface area contributed by atoms with Crippen molar-refractivity contribution in [2.75, 3.05) is 4.90 Å². The lowest BCUT2D eigenvalue weighted by Gasteiger charge is -2.16. The standard InChI is InChI=1S/C32H19NO7/c34-29-26-15-19-9-4-5-12-23(19)27(18-7-2-1-3-8-18)28(26)30(35)33(29)20-10-6-11-21(16-20)40-22-13-14-24(31(36)37)25(17-22)32(38)39/h1-17H,(H,36,37)(H,38,39). The molecule has 0 saturated heterocycles. The SMILES string of the molecule is O=C(O)c1ccc(Oc2cccc(N3C(=O)c4cc5ccccc5c(-c5ccccc5)c4C3=O)c2)cc1C(=O)O. The van der Waals surface area contributed by atoms with Crippen LogP contribution < -0.4 is 9.64 Å². The van der Waals surface area contributed by atoms with Gasteiger partial charge in [0, 0.05) is 11.6 Å². The first-order valence-electron chi connectivity index (χ1n) is 12.2. The number of carboxylic acid groups (broad SMARTS) is 2. The number of imide groups is 1. The first kappa shape index (κ1) is 24.6. The lowest BCUT2D eigenvalue weighted by Crippen LogP contribution is -2.29. The van der Waals surface area contributed by atoms with Crippen molar-refractivity contribution >= 4 is 40.2 Å². The minimum absolute atomic E-state index is 0.0829. The van der Waals surface area contributed by atoms with Crippen LogP contribution in [0.3, 0.4) is 0 Å². The molecule has 0 aromatic heterocycles. The summed E-state index contributed by atoms with van der Waals surface area (Å²) in [4.78, 5) is 51.6. The van der Waals surface area contributed by atoms with Gasteiger partial charge in [0.1, 0.15) is 11.5 Å². The van der Waals surface area contributed by atoms with E-state index in [1.54, 1.807) is 24.3 Å². The van der Waals surface area contributed by atoms with E-state index >= 15 is 0 Å². The van der Waals surface area contributed by atoms with E-state index in [4.69, 9.17) is 4.74 Å². The van der Waals surface area contributed by atoms with E-state index < -0.39 is 29.3 Å². The summed E-state index contributed by atoms with van der Waals surface area (Å²) in [5.41, 5.74) is 1.58. The number of nitrogens with zero attached hydrogens (tertiary/aromatic N) is 1. The fourth-order valence-corrected chi connectivity index (χ4v) is 4.97. The first-order chi connectivity index (χ1) is 19.3. The van der Waals surface area contributed by atoms with Crippen LogP contribution in [0.5, 0.6) is 11.5 Å². The highest BCUT2D eigenvalue weighted by Crippen LogP contribution is 2.41. The van der Waals surface area contributed by atoms with Gasteiger partial charge in [0.15, 0.2) is 0 Å². The van der Waals surface area contributed by atoms with Gasteiger partial charge >= 0.3 is 11.9 Å². The van der Waals surface area contributed by atoms with Crippen LogP contribution in [0.25, 0.3) is 21.9 Å². The number of anilines is 1. The summed E-state index contributed by atoms with van der Waals surface area (Å²) in [5.74, 6) is -3.43. The van der Waals surface area contributed by atoms with E-state index in [0.717, 1.165) is 33.4 Å². The normalized spacial score (nSPS) is 12.4. The molecule has 8 nitrogen and oxygen atoms in total. The van der Waals surface area contributed by atoms with Gasteiger partial charge in [-0.05, 0) is 52.7 Å². The van der Waals surface area contributed by atoms with Crippen LogP contribution in [-0.2, 0) is 0 Å². The molecule has 0 spiro atoms. The highest BCUT2D eigenvalue weighted by atomic mass is 16.5. The second-order valence-corrected chi connectivity index (χ2v) is 9.12. The van der Waals surface area contributed by atoms with E-state index in [9.17, 15) is 29.4 Å². The maximum Gasteiger partial charge on any atom is 0.336 e. The zero-order valence-corrected chi connectivity index (χ0v) is 20.7. The number of amides is 2. The quantitative estimate of drug-likeness (QED) is 0.241. The van der Waals surface area contributed by atoms with E-state index in [1.807, 2.05) is 54.6 Å². The predicted octanol–water partition coefficient (Wildman–Crippen LogP) is 6.50. The molecule has 0 aliphatic carbocycles. The van der Waals surface area contributed by atoms with Crippen molar-refractivity contribution in [3.05, 3.63) is 125 Å². The van der Waals surface area contributed by atoms with Gasteiger partial charge in [-0.2, -0.15) is 0 Å². The van der Waals surface area contributed by atoms with Crippen LogP contribution in [0, 0.1) is 0 Å². The Hall–Kier alpha value is -5.76. The van der Waals surface area contributed by atoms with Crippen LogP contribution in [-0.4, -0.2) is 34.0 Å². The summed E-state index contributed by atoms with van der Waals surface area (Å²) >= 11 is 0. The van der Waals surface area contributed by atoms with Crippen molar-refractivity contribution in [3.8, 4) is 22.6 Å². The number of rotatable bonds is 6. The van der Waals surface area contributed by atoms with Gasteiger partial charge in [0.2, 0.25) is 0 Å². The summed E-state index contributed by atoms with van der Waals surface area (Å²) in [7, 11) is 0. The molecule has 0 radical (unpaired) electrons. The van der Waals surface area contributed by atoms with Crippen molar-refractivity contribution in [3.63, 3.8) is 0 Å². The minimum Gasteiger partial charge on any atom is -0.478 e. The van der Waals surface area contributed by atoms with E-state index in [1.165, 1.54) is 12.1 Å². The van der Waals surface area contributed by atoms with Gasteiger partial charge < -0.3 is 14.9 Å². The molecular weight excluding hydrogens is 510 g/mol. The molecule has 0 unspecified atom stereocenters. The maximum absolute atomic E-state index is 13.9. The van der Waals surface area contributed by atoms with Crippen LogP contribution in [0.2, 0.25) is 0 Å². The summed E-state index contributed by atoms with van der Waals surface area (Å²) in [6.45, 7) is 0. The van der Waals surface area contributed by atoms with Gasteiger partial charge in [0.05, 0.1) is 27.9 Å². The molecule has 6 rings (SSSR count). The second kappa shape index (κ2) is 9.52. The molecule has 5 aromatic rings. The first-order valence-corrected chi connectivity index (χ1v) is 12.2. The number of carbonyl (C=O) groups is 4. The molecule has 40 heavy (non-hydrogen) atoms. The van der Waals surface area contributed by atoms with Crippen LogP contribution in [0.15, 0.2) is 103 Å². The Morgan fingerprint density at radius 2 is 1.32 bits per heavy atom. The molecule has 5 aromatic carbocycles. The third-order valence-electron chi connectivity index (χ3n) is 6.73. The molecular formula is C32H19NO7. The summed E-state index contributed by atoms with van der Waals surface area (Å²) < 4.78 is 5.80. The molecule has 1 aliphatic rings. The molecule has 0 atom stereocenters. The molecule has 1 aliphatic heterocycles. The number of hydrogen-bond donors (Lipinski definition) is 2. The van der Waals surface area contributed by atoms with Crippen molar-refractivity contribution in [1.82, 2.24) is 0 Å². The topological polar surface area (TPSA) is 121 Å². The lowest BCUT2D eigenvalue weighted by atomic mass is 9.90. The number of ether oxygens (including phenoxy) is 1. The fraction of sp³-hybridized carbons (Fsp3) is 0. The van der Waals surface area contributed by atoms with Crippen molar-refractivity contribution in [1.29, 1.82) is 0 Å². The second-order valence-electron chi connectivity index (χ2n) is 9.12. The molecule has 0 bridgehead atoms.